The first-order valence-corrected chi connectivity index (χ1v) is 29.4. The first kappa shape index (κ1) is 54.5. The smallest absolute Gasteiger partial charge is 0.454 e. The summed E-state index contributed by atoms with van der Waals surface area (Å²) >= 11 is 0. The molecule has 1 heterocycles. The Labute approximate surface area is 371 Å². The maximum Gasteiger partial charge on any atom is 0.475 e. The predicted octanol–water partition coefficient (Wildman–Crippen LogP) is 12.5. The van der Waals surface area contributed by atoms with E-state index in [2.05, 4.69) is 97.9 Å². The van der Waals surface area contributed by atoms with Gasteiger partial charge >= 0.3 is 19.9 Å². The number of carbonyl (C=O) groups excluding carboxylic acids is 2. The van der Waals surface area contributed by atoms with Crippen molar-refractivity contribution < 1.29 is 46.1 Å². The van der Waals surface area contributed by atoms with Crippen molar-refractivity contribution in [1.82, 2.24) is 5.32 Å². The minimum absolute atomic E-state index is 0.0358. The lowest BCUT2D eigenvalue weighted by atomic mass is 9.86. The van der Waals surface area contributed by atoms with Crippen LogP contribution in [0.15, 0.2) is 86.6 Å². The topological polar surface area (TPSA) is 128 Å². The van der Waals surface area contributed by atoms with Crippen LogP contribution in [-0.4, -0.2) is 79.0 Å². The molecule has 61 heavy (non-hydrogen) atoms. The normalized spacial score (nSPS) is 20.4. The summed E-state index contributed by atoms with van der Waals surface area (Å²) in [5.74, 6) is -0.0129. The number of phosphoric ester groups is 1. The van der Waals surface area contributed by atoms with Gasteiger partial charge in [0.15, 0.2) is 16.6 Å². The first-order chi connectivity index (χ1) is 28.9. The van der Waals surface area contributed by atoms with Gasteiger partial charge in [-0.15, -0.1) is 13.2 Å². The van der Waals surface area contributed by atoms with Crippen LogP contribution in [0, 0.1) is 11.8 Å². The standard InChI is InChI=1S/C47H80NO10PSi2/c1-13-35-52-45(50)48-34-33-47(58-61(17-5,18-6)19-7,32-31-42-40(16-4)29-30-44(49)55-42)43(56-59(51,53-36-14-2)54-37-15-3)38-41(57-60(11,12)46(8,9)10)28-24-23-27-39-25-21-20-22-26-39/h13-15,23-24,27-32,39-43H,1-3,16-22,25-26,33-38H2,4-12H3,(H,48,50)/b27-23+,28-24+,32-31+. The van der Waals surface area contributed by atoms with Crippen molar-refractivity contribution in [2.45, 2.75) is 160 Å². The van der Waals surface area contributed by atoms with Gasteiger partial charge in [-0.2, -0.15) is 0 Å². The van der Waals surface area contributed by atoms with Crippen LogP contribution in [0.4, 0.5) is 4.79 Å². The van der Waals surface area contributed by atoms with E-state index < -0.39 is 60.4 Å². The highest BCUT2D eigenvalue weighted by molar-refractivity contribution is 7.48. The van der Waals surface area contributed by atoms with Crippen LogP contribution in [0.1, 0.15) is 99.8 Å². The molecule has 346 valence electrons. The summed E-state index contributed by atoms with van der Waals surface area (Å²) < 4.78 is 59.6. The van der Waals surface area contributed by atoms with Crippen LogP contribution in [-0.2, 0) is 41.3 Å². The number of hydrogen-bond donors (Lipinski definition) is 1. The molecule has 1 amide bonds. The second kappa shape index (κ2) is 26.9. The second-order valence-electron chi connectivity index (χ2n) is 17.6. The average Bonchev–Trinajstić information content (AvgIpc) is 3.23. The fraction of sp³-hybridized carbons (Fsp3) is 0.660. The molecule has 1 aliphatic heterocycles. The third-order valence-electron chi connectivity index (χ3n) is 12.3. The molecule has 0 aromatic rings. The molecular formula is C47H80NO10PSi2. The van der Waals surface area contributed by atoms with Gasteiger partial charge in [0.25, 0.3) is 0 Å². The zero-order valence-electron chi connectivity index (χ0n) is 39.0. The highest BCUT2D eigenvalue weighted by atomic mass is 31.2. The molecule has 14 heteroatoms. The third kappa shape index (κ3) is 18.2. The highest BCUT2D eigenvalue weighted by Gasteiger charge is 2.50. The SMILES string of the molecule is C=CCOC(=O)NCCC(/C=C/C1OC(=O)C=CC1CC)(O[Si](CC)(CC)CC)C(CC(/C=C/C=C/C1CCCCC1)O[Si](C)(C)C(C)(C)C)OP(=O)(OCC=C)OCC=C. The van der Waals surface area contributed by atoms with Gasteiger partial charge in [0.05, 0.1) is 19.3 Å². The quantitative estimate of drug-likeness (QED) is 0.0255. The Morgan fingerprint density at radius 3 is 2.13 bits per heavy atom. The molecule has 5 atom stereocenters. The minimum atomic E-state index is -4.38. The average molecular weight is 906 g/mol. The van der Waals surface area contributed by atoms with E-state index in [1.165, 1.54) is 56.4 Å². The lowest BCUT2D eigenvalue weighted by Crippen LogP contribution is -2.56. The molecule has 2 rings (SSSR count). The Morgan fingerprint density at radius 2 is 1.57 bits per heavy atom. The first-order valence-electron chi connectivity index (χ1n) is 22.5. The van der Waals surface area contributed by atoms with E-state index in [-0.39, 0.29) is 50.2 Å². The molecule has 0 aromatic carbocycles. The van der Waals surface area contributed by atoms with Crippen LogP contribution in [0.5, 0.6) is 0 Å². The number of cyclic esters (lactones) is 1. The predicted molar refractivity (Wildman–Crippen MR) is 253 cm³/mol. The van der Waals surface area contributed by atoms with Crippen LogP contribution in [0.3, 0.4) is 0 Å². The van der Waals surface area contributed by atoms with Crippen molar-refractivity contribution in [3.05, 3.63) is 86.6 Å². The summed E-state index contributed by atoms with van der Waals surface area (Å²) in [6.45, 7) is 30.5. The fourth-order valence-electron chi connectivity index (χ4n) is 7.34. The fourth-order valence-corrected chi connectivity index (χ4v) is 13.0. The number of phosphoric acid groups is 1. The molecule has 1 N–H and O–H groups in total. The molecule has 1 saturated carbocycles. The largest absolute Gasteiger partial charge is 0.475 e. The lowest BCUT2D eigenvalue weighted by molar-refractivity contribution is -0.143. The number of hydrogen-bond acceptors (Lipinski definition) is 10. The molecule has 5 unspecified atom stereocenters. The Kier molecular flexibility index (Phi) is 24.0. The number of esters is 1. The molecule has 0 saturated heterocycles. The summed E-state index contributed by atoms with van der Waals surface area (Å²) in [6.07, 6.45) is 24.3. The minimum Gasteiger partial charge on any atom is -0.454 e. The van der Waals surface area contributed by atoms with E-state index >= 15 is 0 Å². The van der Waals surface area contributed by atoms with Crippen LogP contribution in [0.2, 0.25) is 36.3 Å². The van der Waals surface area contributed by atoms with E-state index in [9.17, 15) is 14.2 Å². The van der Waals surface area contributed by atoms with Crippen molar-refractivity contribution in [2.24, 2.45) is 11.8 Å². The molecular weight excluding hydrogens is 826 g/mol. The molecule has 0 radical (unpaired) electrons. The van der Waals surface area contributed by atoms with E-state index in [0.717, 1.165) is 18.1 Å². The van der Waals surface area contributed by atoms with Gasteiger partial charge < -0.3 is 23.6 Å². The second-order valence-corrected chi connectivity index (χ2v) is 28.7. The molecule has 0 aromatic heterocycles. The van der Waals surface area contributed by atoms with Crippen LogP contribution >= 0.6 is 7.82 Å². The van der Waals surface area contributed by atoms with E-state index in [1.54, 1.807) is 0 Å². The summed E-state index contributed by atoms with van der Waals surface area (Å²) in [7, 11) is -9.46. The van der Waals surface area contributed by atoms with Crippen molar-refractivity contribution in [3.63, 3.8) is 0 Å². The van der Waals surface area contributed by atoms with Crippen molar-refractivity contribution >= 4 is 36.5 Å². The van der Waals surface area contributed by atoms with Crippen LogP contribution in [0.25, 0.3) is 0 Å². The number of carbonyl (C=O) groups is 2. The Balaban J connectivity index is 3.03. The summed E-state index contributed by atoms with van der Waals surface area (Å²) in [6, 6.07) is 2.30. The number of allylic oxidation sites excluding steroid dienone is 3. The molecule has 0 bridgehead atoms. The molecule has 1 fully saturated rings. The van der Waals surface area contributed by atoms with Gasteiger partial charge in [0.1, 0.15) is 24.4 Å². The summed E-state index contributed by atoms with van der Waals surface area (Å²) in [5, 5.41) is 2.74. The maximum atomic E-state index is 14.9. The Hall–Kier alpha value is -2.62. The van der Waals surface area contributed by atoms with Crippen molar-refractivity contribution in [2.75, 3.05) is 26.4 Å². The third-order valence-corrected chi connectivity index (χ3v) is 22.9. The lowest BCUT2D eigenvalue weighted by Gasteiger charge is -2.47. The highest BCUT2D eigenvalue weighted by Crippen LogP contribution is 2.54. The number of rotatable bonds is 29. The summed E-state index contributed by atoms with van der Waals surface area (Å²) in [4.78, 5) is 25.6. The molecule has 11 nitrogen and oxygen atoms in total. The Bertz CT molecular complexity index is 1520. The number of nitrogens with one attached hydrogen (secondary N) is 1. The molecule has 0 spiro atoms. The Morgan fingerprint density at radius 1 is 0.951 bits per heavy atom. The van der Waals surface area contributed by atoms with E-state index in [0.29, 0.717) is 12.3 Å². The zero-order valence-corrected chi connectivity index (χ0v) is 41.9. The van der Waals surface area contributed by atoms with E-state index in [4.69, 9.17) is 31.9 Å². The number of amides is 1. The van der Waals surface area contributed by atoms with Gasteiger partial charge in [-0.3, -0.25) is 13.6 Å². The van der Waals surface area contributed by atoms with Gasteiger partial charge in [-0.1, -0.05) is 129 Å². The monoisotopic (exact) mass is 906 g/mol. The van der Waals surface area contributed by atoms with E-state index in [1.807, 2.05) is 31.2 Å². The van der Waals surface area contributed by atoms with Gasteiger partial charge in [-0.05, 0) is 73.9 Å². The van der Waals surface area contributed by atoms with Crippen molar-refractivity contribution in [1.29, 1.82) is 0 Å². The maximum absolute atomic E-state index is 14.9. The van der Waals surface area contributed by atoms with Gasteiger partial charge in [0.2, 0.25) is 0 Å². The number of ether oxygens (including phenoxy) is 2. The van der Waals surface area contributed by atoms with Crippen LogP contribution < -0.4 is 5.32 Å². The van der Waals surface area contributed by atoms with Gasteiger partial charge in [0, 0.05) is 25.0 Å². The van der Waals surface area contributed by atoms with Crippen molar-refractivity contribution in [3.8, 4) is 0 Å². The zero-order chi connectivity index (χ0) is 45.6. The number of alkyl carbamates (subject to hydrolysis) is 1. The summed E-state index contributed by atoms with van der Waals surface area (Å²) in [5.41, 5.74) is -1.41. The molecule has 2 aliphatic rings. The van der Waals surface area contributed by atoms with Gasteiger partial charge in [-0.25, -0.2) is 14.2 Å². The molecule has 1 aliphatic carbocycles.